The number of hydrogen-bond acceptors (Lipinski definition) is 2. The van der Waals surface area contributed by atoms with Crippen LogP contribution < -0.4 is 10.1 Å². The molecule has 0 saturated heterocycles. The second-order valence-corrected chi connectivity index (χ2v) is 5.00. The van der Waals surface area contributed by atoms with Crippen LogP contribution in [0.2, 0.25) is 0 Å². The molecule has 21 heavy (non-hydrogen) atoms. The van der Waals surface area contributed by atoms with Gasteiger partial charge in [0.25, 0.3) is 0 Å². The Morgan fingerprint density at radius 2 is 1.81 bits per heavy atom. The molecule has 0 heterocycles. The monoisotopic (exact) mass is 291 g/mol. The van der Waals surface area contributed by atoms with Gasteiger partial charge in [0, 0.05) is 17.7 Å². The molecule has 0 aliphatic heterocycles. The highest BCUT2D eigenvalue weighted by Crippen LogP contribution is 2.30. The predicted octanol–water partition coefficient (Wildman–Crippen LogP) is 3.89. The van der Waals surface area contributed by atoms with Gasteiger partial charge in [-0.3, -0.25) is 0 Å². The minimum atomic E-state index is -3.01. The third kappa shape index (κ3) is 4.02. The molecule has 0 fully saturated rings. The van der Waals surface area contributed by atoms with Gasteiger partial charge in [-0.2, -0.15) is 8.78 Å². The molecule has 0 unspecified atom stereocenters. The Morgan fingerprint density at radius 1 is 1.10 bits per heavy atom. The molecule has 2 nitrogen and oxygen atoms in total. The summed E-state index contributed by atoms with van der Waals surface area (Å²) in [6.45, 7) is 1.87. The Bertz CT molecular complexity index is 585. The van der Waals surface area contributed by atoms with Crippen molar-refractivity contribution in [3.05, 3.63) is 65.2 Å². The molecular formula is C17H19F2NO. The Kier molecular flexibility index (Phi) is 4.91. The van der Waals surface area contributed by atoms with Crippen LogP contribution in [0.3, 0.4) is 0 Å². The van der Waals surface area contributed by atoms with E-state index in [1.165, 1.54) is 12.1 Å². The summed E-state index contributed by atoms with van der Waals surface area (Å²) in [5.41, 5.74) is 1.91. The van der Waals surface area contributed by atoms with Crippen LogP contribution in [0.15, 0.2) is 48.5 Å². The van der Waals surface area contributed by atoms with Crippen LogP contribution in [0.5, 0.6) is 5.75 Å². The molecule has 0 spiro atoms. The Labute approximate surface area is 123 Å². The molecule has 112 valence electrons. The van der Waals surface area contributed by atoms with Crippen LogP contribution in [0.4, 0.5) is 8.78 Å². The van der Waals surface area contributed by atoms with E-state index in [0.29, 0.717) is 12.3 Å². The molecule has 2 aromatic rings. The summed E-state index contributed by atoms with van der Waals surface area (Å²) in [7, 11) is 1.81. The molecule has 0 amide bonds. The van der Waals surface area contributed by atoms with Crippen molar-refractivity contribution in [2.24, 2.45) is 0 Å². The van der Waals surface area contributed by atoms with Crippen molar-refractivity contribution in [1.29, 1.82) is 0 Å². The van der Waals surface area contributed by atoms with E-state index in [1.807, 2.05) is 26.1 Å². The van der Waals surface area contributed by atoms with Crippen molar-refractivity contribution in [1.82, 2.24) is 5.32 Å². The molecule has 2 aromatic carbocycles. The molecule has 0 atom stereocenters. The van der Waals surface area contributed by atoms with Crippen molar-refractivity contribution in [3.8, 4) is 5.75 Å². The topological polar surface area (TPSA) is 21.3 Å². The summed E-state index contributed by atoms with van der Waals surface area (Å²) in [5.74, 6) is -2.52. The maximum absolute atomic E-state index is 14.1. The standard InChI is InChI=1S/C17H19F2NO/c1-13-8-9-16(14(10-13)11-20-2)21-12-17(18,19)15-6-4-3-5-7-15/h3-10,20H,11-12H2,1-2H3. The first-order valence-electron chi connectivity index (χ1n) is 6.83. The van der Waals surface area contributed by atoms with Gasteiger partial charge in [0.05, 0.1) is 0 Å². The molecular weight excluding hydrogens is 272 g/mol. The van der Waals surface area contributed by atoms with Crippen LogP contribution in [0, 0.1) is 6.92 Å². The second-order valence-electron chi connectivity index (χ2n) is 5.00. The summed E-state index contributed by atoms with van der Waals surface area (Å²) in [5, 5.41) is 3.01. The maximum Gasteiger partial charge on any atom is 0.306 e. The smallest absolute Gasteiger partial charge is 0.306 e. The SMILES string of the molecule is CNCc1cc(C)ccc1OCC(F)(F)c1ccccc1. The highest BCUT2D eigenvalue weighted by atomic mass is 19.3. The molecule has 1 N–H and O–H groups in total. The number of rotatable bonds is 6. The van der Waals surface area contributed by atoms with Crippen LogP contribution in [-0.2, 0) is 12.5 Å². The fraction of sp³-hybridized carbons (Fsp3) is 0.294. The Hall–Kier alpha value is -1.94. The van der Waals surface area contributed by atoms with Gasteiger partial charge >= 0.3 is 5.92 Å². The fourth-order valence-corrected chi connectivity index (χ4v) is 2.11. The molecule has 0 bridgehead atoms. The van der Waals surface area contributed by atoms with Gasteiger partial charge in [-0.05, 0) is 20.0 Å². The summed E-state index contributed by atoms with van der Waals surface area (Å²) in [6.07, 6.45) is 0. The molecule has 0 aromatic heterocycles. The highest BCUT2D eigenvalue weighted by Gasteiger charge is 2.32. The van der Waals surface area contributed by atoms with Gasteiger partial charge in [-0.15, -0.1) is 0 Å². The normalized spacial score (nSPS) is 11.4. The lowest BCUT2D eigenvalue weighted by Crippen LogP contribution is -2.23. The summed E-state index contributed by atoms with van der Waals surface area (Å²) >= 11 is 0. The van der Waals surface area contributed by atoms with E-state index in [9.17, 15) is 8.78 Å². The van der Waals surface area contributed by atoms with E-state index in [2.05, 4.69) is 5.32 Å². The van der Waals surface area contributed by atoms with E-state index in [-0.39, 0.29) is 5.56 Å². The third-order valence-electron chi connectivity index (χ3n) is 3.19. The van der Waals surface area contributed by atoms with Crippen molar-refractivity contribution >= 4 is 0 Å². The summed E-state index contributed by atoms with van der Waals surface area (Å²) < 4.78 is 33.6. The van der Waals surface area contributed by atoms with E-state index >= 15 is 0 Å². The van der Waals surface area contributed by atoms with Gasteiger partial charge < -0.3 is 10.1 Å². The van der Waals surface area contributed by atoms with Gasteiger partial charge in [-0.1, -0.05) is 48.0 Å². The van der Waals surface area contributed by atoms with Crippen molar-refractivity contribution in [2.75, 3.05) is 13.7 Å². The zero-order chi connectivity index (χ0) is 15.3. The molecule has 0 saturated carbocycles. The largest absolute Gasteiger partial charge is 0.487 e. The molecule has 0 radical (unpaired) electrons. The molecule has 4 heteroatoms. The quantitative estimate of drug-likeness (QED) is 0.872. The van der Waals surface area contributed by atoms with Crippen LogP contribution in [0.1, 0.15) is 16.7 Å². The average molecular weight is 291 g/mol. The second kappa shape index (κ2) is 6.68. The van der Waals surface area contributed by atoms with E-state index in [4.69, 9.17) is 4.74 Å². The van der Waals surface area contributed by atoms with Crippen LogP contribution in [0.25, 0.3) is 0 Å². The number of ether oxygens (including phenoxy) is 1. The third-order valence-corrected chi connectivity index (χ3v) is 3.19. The number of alkyl halides is 2. The summed E-state index contributed by atoms with van der Waals surface area (Å²) in [4.78, 5) is 0. The van der Waals surface area contributed by atoms with E-state index in [0.717, 1.165) is 11.1 Å². The first-order valence-corrected chi connectivity index (χ1v) is 6.83. The van der Waals surface area contributed by atoms with Gasteiger partial charge in [0.15, 0.2) is 6.61 Å². The first kappa shape index (κ1) is 15.4. The van der Waals surface area contributed by atoms with E-state index in [1.54, 1.807) is 24.3 Å². The maximum atomic E-state index is 14.1. The van der Waals surface area contributed by atoms with E-state index < -0.39 is 12.5 Å². The van der Waals surface area contributed by atoms with Gasteiger partial charge in [0.1, 0.15) is 5.75 Å². The Morgan fingerprint density at radius 3 is 2.48 bits per heavy atom. The van der Waals surface area contributed by atoms with Crippen molar-refractivity contribution in [3.63, 3.8) is 0 Å². The van der Waals surface area contributed by atoms with Gasteiger partial charge in [0.2, 0.25) is 0 Å². The lowest BCUT2D eigenvalue weighted by atomic mass is 10.1. The minimum Gasteiger partial charge on any atom is -0.487 e. The first-order chi connectivity index (χ1) is 10.0. The van der Waals surface area contributed by atoms with Crippen LogP contribution >= 0.6 is 0 Å². The predicted molar refractivity (Wildman–Crippen MR) is 79.8 cm³/mol. The lowest BCUT2D eigenvalue weighted by Gasteiger charge is -2.19. The zero-order valence-electron chi connectivity index (χ0n) is 12.2. The van der Waals surface area contributed by atoms with Gasteiger partial charge in [-0.25, -0.2) is 0 Å². The number of benzene rings is 2. The molecule has 2 rings (SSSR count). The van der Waals surface area contributed by atoms with Crippen molar-refractivity contribution in [2.45, 2.75) is 19.4 Å². The number of aryl methyl sites for hydroxylation is 1. The minimum absolute atomic E-state index is 0.0349. The summed E-state index contributed by atoms with van der Waals surface area (Å²) in [6, 6.07) is 13.3. The number of nitrogens with one attached hydrogen (secondary N) is 1. The van der Waals surface area contributed by atoms with Crippen LogP contribution in [-0.4, -0.2) is 13.7 Å². The number of hydrogen-bond donors (Lipinski definition) is 1. The Balaban J connectivity index is 2.12. The molecule has 0 aliphatic rings. The fourth-order valence-electron chi connectivity index (χ4n) is 2.11. The molecule has 0 aliphatic carbocycles. The highest BCUT2D eigenvalue weighted by molar-refractivity contribution is 5.37. The zero-order valence-corrected chi connectivity index (χ0v) is 12.2. The average Bonchev–Trinajstić information content (AvgIpc) is 2.48. The van der Waals surface area contributed by atoms with Crippen molar-refractivity contribution < 1.29 is 13.5 Å². The lowest BCUT2D eigenvalue weighted by molar-refractivity contribution is -0.0469. The number of halogens is 2.